The fourth-order valence-corrected chi connectivity index (χ4v) is 4.44. The predicted octanol–water partition coefficient (Wildman–Crippen LogP) is 1.69. The number of benzene rings is 1. The molecule has 0 aromatic heterocycles. The van der Waals surface area contributed by atoms with Gasteiger partial charge in [-0.05, 0) is 30.4 Å². The van der Waals surface area contributed by atoms with Gasteiger partial charge in [-0.25, -0.2) is 12.8 Å². The monoisotopic (exact) mass is 333 g/mol. The van der Waals surface area contributed by atoms with Crippen molar-refractivity contribution in [2.45, 2.75) is 22.3 Å². The van der Waals surface area contributed by atoms with Gasteiger partial charge in [-0.3, -0.25) is 4.79 Å². The maximum absolute atomic E-state index is 14.1. The first-order valence-corrected chi connectivity index (χ1v) is 9.39. The second kappa shape index (κ2) is 5.94. The highest BCUT2D eigenvalue weighted by Crippen LogP contribution is 2.34. The van der Waals surface area contributed by atoms with Crippen molar-refractivity contribution in [2.75, 3.05) is 19.1 Å². The van der Waals surface area contributed by atoms with Gasteiger partial charge in [-0.1, -0.05) is 0 Å². The molecule has 1 aromatic carbocycles. The van der Waals surface area contributed by atoms with Crippen molar-refractivity contribution in [3.8, 4) is 0 Å². The molecule has 5 nitrogen and oxygen atoms in total. The molecule has 1 saturated heterocycles. The van der Waals surface area contributed by atoms with E-state index in [1.807, 2.05) is 0 Å². The van der Waals surface area contributed by atoms with Crippen LogP contribution in [0.2, 0.25) is 0 Å². The van der Waals surface area contributed by atoms with E-state index in [0.717, 1.165) is 18.0 Å². The van der Waals surface area contributed by atoms with E-state index < -0.39 is 27.5 Å². The third kappa shape index (κ3) is 3.38. The van der Waals surface area contributed by atoms with Gasteiger partial charge in [-0.2, -0.15) is 0 Å². The zero-order chi connectivity index (χ0) is 15.8. The number of rotatable bonds is 4. The molecule has 1 heterocycles. The Labute approximate surface area is 126 Å². The first-order chi connectivity index (χ1) is 9.74. The molecule has 21 heavy (non-hydrogen) atoms. The molecule has 2 rings (SSSR count). The molecule has 2 N–H and O–H groups in total. The van der Waals surface area contributed by atoms with Crippen LogP contribution in [0, 0.1) is 11.7 Å². The largest absolute Gasteiger partial charge is 0.481 e. The van der Waals surface area contributed by atoms with Crippen molar-refractivity contribution in [1.29, 1.82) is 0 Å². The SMILES string of the molecule is CSc1c(F)cc(C2CC(C(=O)O)CN2)cc1S(C)(=O)=O. The molecule has 1 fully saturated rings. The van der Waals surface area contributed by atoms with Crippen molar-refractivity contribution in [2.24, 2.45) is 5.92 Å². The number of hydrogen-bond acceptors (Lipinski definition) is 5. The van der Waals surface area contributed by atoms with E-state index in [-0.39, 0.29) is 15.8 Å². The molecule has 0 spiro atoms. The van der Waals surface area contributed by atoms with Crippen LogP contribution in [-0.2, 0) is 14.6 Å². The summed E-state index contributed by atoms with van der Waals surface area (Å²) >= 11 is 1.04. The molecule has 0 saturated carbocycles. The van der Waals surface area contributed by atoms with Crippen molar-refractivity contribution < 1.29 is 22.7 Å². The fourth-order valence-electron chi connectivity index (χ4n) is 2.44. The average Bonchev–Trinajstić information content (AvgIpc) is 2.86. The second-order valence-corrected chi connectivity index (χ2v) is 7.84. The van der Waals surface area contributed by atoms with Crippen molar-refractivity contribution >= 4 is 27.6 Å². The lowest BCUT2D eigenvalue weighted by atomic mass is 10.00. The van der Waals surface area contributed by atoms with E-state index in [0.29, 0.717) is 18.5 Å². The molecule has 2 unspecified atom stereocenters. The Bertz CT molecular complexity index is 675. The minimum Gasteiger partial charge on any atom is -0.481 e. The average molecular weight is 333 g/mol. The van der Waals surface area contributed by atoms with Gasteiger partial charge in [0, 0.05) is 18.8 Å². The molecule has 0 amide bonds. The van der Waals surface area contributed by atoms with Crippen LogP contribution in [0.5, 0.6) is 0 Å². The Morgan fingerprint density at radius 3 is 2.62 bits per heavy atom. The summed E-state index contributed by atoms with van der Waals surface area (Å²) in [6.07, 6.45) is 2.96. The quantitative estimate of drug-likeness (QED) is 0.816. The van der Waals surface area contributed by atoms with E-state index in [4.69, 9.17) is 5.11 Å². The standard InChI is InChI=1S/C13H16FNO4S2/c1-20-12-9(14)3-7(5-11(12)21(2,18)19)10-4-8(6-15-10)13(16)17/h3,5,8,10,15H,4,6H2,1-2H3,(H,16,17). The minimum absolute atomic E-state index is 0.0504. The third-order valence-electron chi connectivity index (χ3n) is 3.52. The highest BCUT2D eigenvalue weighted by atomic mass is 32.2. The Morgan fingerprint density at radius 1 is 1.48 bits per heavy atom. The van der Waals surface area contributed by atoms with Crippen molar-refractivity contribution in [3.63, 3.8) is 0 Å². The maximum atomic E-state index is 14.1. The van der Waals surface area contributed by atoms with Gasteiger partial charge in [0.1, 0.15) is 5.82 Å². The Morgan fingerprint density at radius 2 is 2.14 bits per heavy atom. The molecule has 0 radical (unpaired) electrons. The number of hydrogen-bond donors (Lipinski definition) is 2. The van der Waals surface area contributed by atoms with Gasteiger partial charge < -0.3 is 10.4 Å². The van der Waals surface area contributed by atoms with Gasteiger partial charge in [0.15, 0.2) is 9.84 Å². The summed E-state index contributed by atoms with van der Waals surface area (Å²) in [4.78, 5) is 11.0. The van der Waals surface area contributed by atoms with Crippen LogP contribution < -0.4 is 5.32 Å². The maximum Gasteiger partial charge on any atom is 0.307 e. The molecule has 2 atom stereocenters. The Balaban J connectivity index is 2.43. The van der Waals surface area contributed by atoms with E-state index >= 15 is 0 Å². The first-order valence-electron chi connectivity index (χ1n) is 6.27. The highest BCUT2D eigenvalue weighted by Gasteiger charge is 2.31. The number of thioether (sulfide) groups is 1. The molecule has 1 aliphatic heterocycles. The van der Waals surface area contributed by atoms with Gasteiger partial charge in [-0.15, -0.1) is 11.8 Å². The van der Waals surface area contributed by atoms with E-state index in [2.05, 4.69) is 5.32 Å². The van der Waals surface area contributed by atoms with Gasteiger partial charge in [0.2, 0.25) is 0 Å². The highest BCUT2D eigenvalue weighted by molar-refractivity contribution is 7.99. The summed E-state index contributed by atoms with van der Waals surface area (Å²) < 4.78 is 37.7. The van der Waals surface area contributed by atoms with Crippen molar-refractivity contribution in [1.82, 2.24) is 5.32 Å². The van der Waals surface area contributed by atoms with E-state index in [9.17, 15) is 17.6 Å². The minimum atomic E-state index is -3.55. The van der Waals surface area contributed by atoms with Crippen molar-refractivity contribution in [3.05, 3.63) is 23.5 Å². The Kier molecular flexibility index (Phi) is 4.60. The van der Waals surface area contributed by atoms with Crippen LogP contribution in [0.4, 0.5) is 4.39 Å². The topological polar surface area (TPSA) is 83.5 Å². The molecule has 0 bridgehead atoms. The predicted molar refractivity (Wildman–Crippen MR) is 77.8 cm³/mol. The second-order valence-electron chi connectivity index (χ2n) is 5.04. The zero-order valence-electron chi connectivity index (χ0n) is 11.6. The van der Waals surface area contributed by atoms with Crippen LogP contribution in [0.15, 0.2) is 21.9 Å². The lowest BCUT2D eigenvalue weighted by Crippen LogP contribution is -2.17. The molecular formula is C13H16FNO4S2. The van der Waals surface area contributed by atoms with Crippen LogP contribution in [0.1, 0.15) is 18.0 Å². The van der Waals surface area contributed by atoms with Crippen LogP contribution >= 0.6 is 11.8 Å². The van der Waals surface area contributed by atoms with Crippen LogP contribution in [0.3, 0.4) is 0 Å². The Hall–Kier alpha value is -1.12. The number of sulfone groups is 1. The lowest BCUT2D eigenvalue weighted by Gasteiger charge is -2.15. The number of aliphatic carboxylic acids is 1. The number of carbonyl (C=O) groups is 1. The molecular weight excluding hydrogens is 317 g/mol. The summed E-state index contributed by atoms with van der Waals surface area (Å²) in [5.74, 6) is -2.05. The normalized spacial score (nSPS) is 22.4. The van der Waals surface area contributed by atoms with Crippen LogP contribution in [0.25, 0.3) is 0 Å². The molecule has 1 aromatic rings. The third-order valence-corrected chi connectivity index (χ3v) is 5.59. The number of nitrogens with one attached hydrogen (secondary N) is 1. The summed E-state index contributed by atoms with van der Waals surface area (Å²) in [6.45, 7) is 0.292. The number of halogens is 1. The first kappa shape index (κ1) is 16.3. The fraction of sp³-hybridized carbons (Fsp3) is 0.462. The van der Waals surface area contributed by atoms with Gasteiger partial charge in [0.25, 0.3) is 0 Å². The number of carboxylic acids is 1. The molecule has 116 valence electrons. The van der Waals surface area contributed by atoms with Gasteiger partial charge in [0.05, 0.1) is 15.7 Å². The smallest absolute Gasteiger partial charge is 0.307 e. The van der Waals surface area contributed by atoms with Crippen LogP contribution in [-0.4, -0.2) is 38.5 Å². The summed E-state index contributed by atoms with van der Waals surface area (Å²) in [6, 6.07) is 2.37. The van der Waals surface area contributed by atoms with E-state index in [1.54, 1.807) is 6.26 Å². The summed E-state index contributed by atoms with van der Waals surface area (Å²) in [5, 5.41) is 12.0. The lowest BCUT2D eigenvalue weighted by molar-refractivity contribution is -0.141. The summed E-state index contributed by atoms with van der Waals surface area (Å²) in [7, 11) is -3.55. The van der Waals surface area contributed by atoms with E-state index in [1.165, 1.54) is 12.1 Å². The van der Waals surface area contributed by atoms with Gasteiger partial charge >= 0.3 is 5.97 Å². The molecule has 0 aliphatic carbocycles. The summed E-state index contributed by atoms with van der Waals surface area (Å²) in [5.41, 5.74) is 0.467. The molecule has 1 aliphatic rings. The zero-order valence-corrected chi connectivity index (χ0v) is 13.2. The number of carboxylic acid groups (broad SMARTS) is 1. The molecule has 8 heteroatoms.